The van der Waals surface area contributed by atoms with Crippen LogP contribution in [0.3, 0.4) is 0 Å². The molecule has 0 aliphatic carbocycles. The third-order valence-electron chi connectivity index (χ3n) is 5.91. The van der Waals surface area contributed by atoms with E-state index in [1.165, 1.54) is 36.0 Å². The van der Waals surface area contributed by atoms with Crippen molar-refractivity contribution < 1.29 is 4.79 Å². The number of amides is 1. The first kappa shape index (κ1) is 21.6. The summed E-state index contributed by atoms with van der Waals surface area (Å²) in [6.07, 6.45) is 6.17. The molecule has 0 spiro atoms. The topological polar surface area (TPSA) is 32.3 Å². The van der Waals surface area contributed by atoms with E-state index in [1.54, 1.807) is 0 Å². The van der Waals surface area contributed by atoms with Gasteiger partial charge in [-0.15, -0.1) is 0 Å². The van der Waals surface area contributed by atoms with Gasteiger partial charge in [-0.05, 0) is 67.8 Å². The summed E-state index contributed by atoms with van der Waals surface area (Å²) in [6, 6.07) is 19.1. The van der Waals surface area contributed by atoms with Gasteiger partial charge in [-0.2, -0.15) is 0 Å². The van der Waals surface area contributed by atoms with Crippen molar-refractivity contribution in [3.8, 4) is 0 Å². The zero-order valence-corrected chi connectivity index (χ0v) is 18.1. The summed E-state index contributed by atoms with van der Waals surface area (Å²) in [6.45, 7) is 7.71. The molecular weight excluding hydrogens is 356 g/mol. The first-order valence-electron chi connectivity index (χ1n) is 11.3. The molecule has 3 nitrogen and oxygen atoms in total. The highest BCUT2D eigenvalue weighted by Crippen LogP contribution is 2.19. The number of hydrogen-bond acceptors (Lipinski definition) is 2. The largest absolute Gasteiger partial charge is 0.348 e. The molecule has 1 fully saturated rings. The third kappa shape index (κ3) is 7.01. The number of hydrogen-bond donors (Lipinski definition) is 1. The Morgan fingerprint density at radius 2 is 1.55 bits per heavy atom. The van der Waals surface area contributed by atoms with Gasteiger partial charge < -0.3 is 10.2 Å². The molecular formula is C26H36N2O. The van der Waals surface area contributed by atoms with Gasteiger partial charge in [-0.1, -0.05) is 68.4 Å². The maximum absolute atomic E-state index is 12.8. The van der Waals surface area contributed by atoms with Crippen molar-refractivity contribution in [3.63, 3.8) is 0 Å². The molecule has 1 aliphatic rings. The van der Waals surface area contributed by atoms with Crippen LogP contribution >= 0.6 is 0 Å². The highest BCUT2D eigenvalue weighted by atomic mass is 16.1. The summed E-state index contributed by atoms with van der Waals surface area (Å²) in [5, 5.41) is 3.32. The summed E-state index contributed by atoms with van der Waals surface area (Å²) in [5.41, 5.74) is 3.91. The van der Waals surface area contributed by atoms with E-state index in [0.717, 1.165) is 32.5 Å². The van der Waals surface area contributed by atoms with Crippen molar-refractivity contribution in [2.75, 3.05) is 19.6 Å². The zero-order chi connectivity index (χ0) is 20.5. The lowest BCUT2D eigenvalue weighted by Crippen LogP contribution is -2.37. The van der Waals surface area contributed by atoms with Crippen LogP contribution in [0.2, 0.25) is 0 Å². The second-order valence-corrected chi connectivity index (χ2v) is 8.74. The Balaban J connectivity index is 1.59. The normalized spacial score (nSPS) is 15.6. The van der Waals surface area contributed by atoms with Gasteiger partial charge in [0.15, 0.2) is 0 Å². The average molecular weight is 393 g/mol. The van der Waals surface area contributed by atoms with Gasteiger partial charge in [0.1, 0.15) is 0 Å². The van der Waals surface area contributed by atoms with Crippen LogP contribution in [-0.4, -0.2) is 30.4 Å². The minimum Gasteiger partial charge on any atom is -0.348 e. The van der Waals surface area contributed by atoms with Crippen molar-refractivity contribution in [1.82, 2.24) is 10.2 Å². The lowest BCUT2D eigenvalue weighted by molar-refractivity contribution is -0.121. The molecule has 1 amide bonds. The highest BCUT2D eigenvalue weighted by molar-refractivity contribution is 5.76. The van der Waals surface area contributed by atoms with Crippen LogP contribution in [0.5, 0.6) is 0 Å². The summed E-state index contributed by atoms with van der Waals surface area (Å²) >= 11 is 0. The van der Waals surface area contributed by atoms with E-state index < -0.39 is 0 Å². The van der Waals surface area contributed by atoms with Crippen molar-refractivity contribution in [2.45, 2.75) is 58.4 Å². The molecule has 3 heteroatoms. The lowest BCUT2D eigenvalue weighted by atomic mass is 9.96. The van der Waals surface area contributed by atoms with E-state index in [-0.39, 0.29) is 11.9 Å². The van der Waals surface area contributed by atoms with Crippen LogP contribution in [0, 0.1) is 5.92 Å². The number of nitrogens with zero attached hydrogens (tertiary/aromatic N) is 1. The van der Waals surface area contributed by atoms with Crippen molar-refractivity contribution in [1.29, 1.82) is 0 Å². The molecule has 156 valence electrons. The SMILES string of the molecule is CC(C)CCc1ccccc1CCC(=O)N[C@H](CN1CCCC1)c1ccccc1. The van der Waals surface area contributed by atoms with E-state index in [9.17, 15) is 4.79 Å². The molecule has 2 aromatic rings. The first-order chi connectivity index (χ1) is 14.1. The van der Waals surface area contributed by atoms with Crippen molar-refractivity contribution in [3.05, 3.63) is 71.3 Å². The Morgan fingerprint density at radius 3 is 2.21 bits per heavy atom. The second kappa shape index (κ2) is 11.2. The number of nitrogens with one attached hydrogen (secondary N) is 1. The Labute approximate surface area is 176 Å². The Hall–Kier alpha value is -2.13. The third-order valence-corrected chi connectivity index (χ3v) is 5.91. The first-order valence-corrected chi connectivity index (χ1v) is 11.3. The van der Waals surface area contributed by atoms with E-state index in [0.29, 0.717) is 12.3 Å². The van der Waals surface area contributed by atoms with E-state index >= 15 is 0 Å². The summed E-state index contributed by atoms with van der Waals surface area (Å²) in [4.78, 5) is 15.3. The lowest BCUT2D eigenvalue weighted by Gasteiger charge is -2.25. The molecule has 1 heterocycles. The highest BCUT2D eigenvalue weighted by Gasteiger charge is 2.20. The van der Waals surface area contributed by atoms with E-state index in [2.05, 4.69) is 72.6 Å². The fourth-order valence-corrected chi connectivity index (χ4v) is 4.15. The average Bonchev–Trinajstić information content (AvgIpc) is 3.24. The number of benzene rings is 2. The molecule has 0 radical (unpaired) electrons. The van der Waals surface area contributed by atoms with Gasteiger partial charge in [-0.3, -0.25) is 4.79 Å². The van der Waals surface area contributed by atoms with Gasteiger partial charge in [-0.25, -0.2) is 0 Å². The maximum atomic E-state index is 12.8. The van der Waals surface area contributed by atoms with E-state index in [4.69, 9.17) is 0 Å². The van der Waals surface area contributed by atoms with Gasteiger partial charge in [0, 0.05) is 13.0 Å². The predicted molar refractivity (Wildman–Crippen MR) is 121 cm³/mol. The minimum atomic E-state index is 0.0676. The van der Waals surface area contributed by atoms with Gasteiger partial charge >= 0.3 is 0 Å². The standard InChI is InChI=1S/C26H36N2O/c1-21(2)14-15-22-10-6-7-11-23(22)16-17-26(29)27-25(20-28-18-8-9-19-28)24-12-4-3-5-13-24/h3-7,10-13,21,25H,8-9,14-20H2,1-2H3,(H,27,29)/t25-/m1/s1. The van der Waals surface area contributed by atoms with Gasteiger partial charge in [0.2, 0.25) is 5.91 Å². The fourth-order valence-electron chi connectivity index (χ4n) is 4.15. The smallest absolute Gasteiger partial charge is 0.220 e. The molecule has 0 aromatic heterocycles. The van der Waals surface area contributed by atoms with Crippen molar-refractivity contribution in [2.24, 2.45) is 5.92 Å². The molecule has 29 heavy (non-hydrogen) atoms. The van der Waals surface area contributed by atoms with Crippen LogP contribution in [0.1, 0.15) is 62.3 Å². The predicted octanol–water partition coefficient (Wildman–Crippen LogP) is 5.16. The quantitative estimate of drug-likeness (QED) is 0.606. The number of carbonyl (C=O) groups is 1. The van der Waals surface area contributed by atoms with Crippen LogP contribution in [0.25, 0.3) is 0 Å². The fraction of sp³-hybridized carbons (Fsp3) is 0.500. The van der Waals surface area contributed by atoms with Gasteiger partial charge in [0.25, 0.3) is 0 Å². The molecule has 1 N–H and O–H groups in total. The zero-order valence-electron chi connectivity index (χ0n) is 18.1. The molecule has 1 atom stereocenters. The molecule has 0 bridgehead atoms. The Kier molecular flexibility index (Phi) is 8.30. The molecule has 0 unspecified atom stereocenters. The Bertz CT molecular complexity index is 750. The van der Waals surface area contributed by atoms with E-state index in [1.807, 2.05) is 6.07 Å². The van der Waals surface area contributed by atoms with Crippen molar-refractivity contribution >= 4 is 5.91 Å². The molecule has 3 rings (SSSR count). The number of likely N-dealkylation sites (tertiary alicyclic amines) is 1. The van der Waals surface area contributed by atoms with Crippen LogP contribution in [0.4, 0.5) is 0 Å². The van der Waals surface area contributed by atoms with Crippen LogP contribution in [-0.2, 0) is 17.6 Å². The summed E-state index contributed by atoms with van der Waals surface area (Å²) in [7, 11) is 0. The van der Waals surface area contributed by atoms with Gasteiger partial charge in [0.05, 0.1) is 6.04 Å². The Morgan fingerprint density at radius 1 is 0.931 bits per heavy atom. The number of aryl methyl sites for hydroxylation is 2. The van der Waals surface area contributed by atoms with Crippen LogP contribution in [0.15, 0.2) is 54.6 Å². The minimum absolute atomic E-state index is 0.0676. The second-order valence-electron chi connectivity index (χ2n) is 8.74. The monoisotopic (exact) mass is 392 g/mol. The molecule has 1 aliphatic heterocycles. The summed E-state index contributed by atoms with van der Waals surface area (Å²) in [5.74, 6) is 0.847. The molecule has 2 aromatic carbocycles. The summed E-state index contributed by atoms with van der Waals surface area (Å²) < 4.78 is 0. The number of carbonyl (C=O) groups excluding carboxylic acids is 1. The molecule has 1 saturated heterocycles. The molecule has 0 saturated carbocycles. The number of rotatable bonds is 10. The maximum Gasteiger partial charge on any atom is 0.220 e. The van der Waals surface area contributed by atoms with Crippen LogP contribution < -0.4 is 5.32 Å².